The third-order valence-corrected chi connectivity index (χ3v) is 2.90. The topological polar surface area (TPSA) is 90.9 Å². The van der Waals surface area contributed by atoms with Crippen LogP contribution in [0.4, 0.5) is 0 Å². The Bertz CT molecular complexity index is 734. The number of aromatic nitrogens is 3. The van der Waals surface area contributed by atoms with E-state index in [1.54, 1.807) is 35.9 Å². The van der Waals surface area contributed by atoms with Crippen molar-refractivity contribution in [3.8, 4) is 11.1 Å². The van der Waals surface area contributed by atoms with Gasteiger partial charge in [-0.1, -0.05) is 12.1 Å². The Morgan fingerprint density at radius 1 is 1.26 bits per heavy atom. The zero-order chi connectivity index (χ0) is 13.2. The number of H-pyrrole nitrogens is 1. The van der Waals surface area contributed by atoms with Crippen molar-refractivity contribution in [2.75, 3.05) is 0 Å². The summed E-state index contributed by atoms with van der Waals surface area (Å²) in [6.07, 6.45) is 5.05. The van der Waals surface area contributed by atoms with Crippen LogP contribution in [0.3, 0.4) is 0 Å². The number of hydrogen-bond donors (Lipinski definition) is 3. The van der Waals surface area contributed by atoms with Crippen LogP contribution in [0.5, 0.6) is 0 Å². The molecule has 0 fully saturated rings. The molecule has 0 saturated carbocycles. The van der Waals surface area contributed by atoms with Gasteiger partial charge in [0.15, 0.2) is 0 Å². The van der Waals surface area contributed by atoms with E-state index in [1.807, 2.05) is 6.20 Å². The number of rotatable bonds is 2. The Labute approximate surface area is 108 Å². The molecule has 0 aliphatic rings. The van der Waals surface area contributed by atoms with Gasteiger partial charge in [0.05, 0.1) is 17.2 Å². The first kappa shape index (κ1) is 11.4. The van der Waals surface area contributed by atoms with Crippen LogP contribution < -0.4 is 5.48 Å². The third kappa shape index (κ3) is 1.94. The fourth-order valence-corrected chi connectivity index (χ4v) is 1.95. The molecule has 6 heteroatoms. The number of carbonyl (C=O) groups is 1. The highest BCUT2D eigenvalue weighted by molar-refractivity contribution is 5.95. The van der Waals surface area contributed by atoms with Gasteiger partial charge in [-0.25, -0.2) is 15.4 Å². The summed E-state index contributed by atoms with van der Waals surface area (Å²) in [5.41, 5.74) is 5.54. The molecule has 3 N–H and O–H groups in total. The molecule has 0 radical (unpaired) electrons. The van der Waals surface area contributed by atoms with Crippen LogP contribution in [0.25, 0.3) is 22.2 Å². The number of hydroxylamine groups is 1. The lowest BCUT2D eigenvalue weighted by Gasteiger charge is -2.01. The Balaban J connectivity index is 2.05. The average molecular weight is 254 g/mol. The summed E-state index contributed by atoms with van der Waals surface area (Å²) in [6.45, 7) is 0. The van der Waals surface area contributed by atoms with E-state index in [9.17, 15) is 4.79 Å². The smallest absolute Gasteiger partial charge is 0.274 e. The molecule has 3 aromatic rings. The van der Waals surface area contributed by atoms with Crippen LogP contribution in [-0.4, -0.2) is 26.1 Å². The fourth-order valence-electron chi connectivity index (χ4n) is 1.95. The molecule has 0 aliphatic carbocycles. The van der Waals surface area contributed by atoms with Gasteiger partial charge in [0, 0.05) is 17.3 Å². The molecule has 2 aromatic heterocycles. The van der Waals surface area contributed by atoms with E-state index in [-0.39, 0.29) is 0 Å². The van der Waals surface area contributed by atoms with E-state index < -0.39 is 5.91 Å². The first-order valence-corrected chi connectivity index (χ1v) is 5.61. The van der Waals surface area contributed by atoms with Crippen LogP contribution >= 0.6 is 0 Å². The average Bonchev–Trinajstić information content (AvgIpc) is 2.90. The van der Waals surface area contributed by atoms with Crippen molar-refractivity contribution in [3.05, 3.63) is 48.5 Å². The lowest BCUT2D eigenvalue weighted by molar-refractivity contribution is 0.0706. The first-order valence-electron chi connectivity index (χ1n) is 5.61. The van der Waals surface area contributed by atoms with Crippen molar-refractivity contribution in [1.29, 1.82) is 0 Å². The summed E-state index contributed by atoms with van der Waals surface area (Å²) in [7, 11) is 0. The minimum Gasteiger partial charge on any atom is -0.358 e. The van der Waals surface area contributed by atoms with Crippen molar-refractivity contribution in [2.24, 2.45) is 0 Å². The maximum Gasteiger partial charge on any atom is 0.274 e. The predicted octanol–water partition coefficient (Wildman–Crippen LogP) is 1.74. The van der Waals surface area contributed by atoms with Gasteiger partial charge in [0.25, 0.3) is 5.91 Å². The Hall–Kier alpha value is -2.73. The zero-order valence-electron chi connectivity index (χ0n) is 9.79. The maximum atomic E-state index is 11.2. The molecule has 1 aromatic carbocycles. The van der Waals surface area contributed by atoms with Crippen molar-refractivity contribution >= 4 is 16.9 Å². The summed E-state index contributed by atoms with van der Waals surface area (Å²) < 4.78 is 0. The van der Waals surface area contributed by atoms with Crippen LogP contribution in [0.2, 0.25) is 0 Å². The van der Waals surface area contributed by atoms with Crippen molar-refractivity contribution in [2.45, 2.75) is 0 Å². The van der Waals surface area contributed by atoms with Crippen LogP contribution in [0.1, 0.15) is 10.4 Å². The quantitative estimate of drug-likeness (QED) is 0.480. The van der Waals surface area contributed by atoms with E-state index in [4.69, 9.17) is 5.21 Å². The van der Waals surface area contributed by atoms with Gasteiger partial charge >= 0.3 is 0 Å². The second-order valence-electron chi connectivity index (χ2n) is 4.01. The number of nitrogens with one attached hydrogen (secondary N) is 2. The normalized spacial score (nSPS) is 10.6. The number of hydrogen-bond acceptors (Lipinski definition) is 4. The summed E-state index contributed by atoms with van der Waals surface area (Å²) in [6, 6.07) is 6.88. The van der Waals surface area contributed by atoms with E-state index in [0.717, 1.165) is 22.2 Å². The van der Waals surface area contributed by atoms with Gasteiger partial charge in [-0.15, -0.1) is 0 Å². The second-order valence-corrected chi connectivity index (χ2v) is 4.01. The molecule has 0 aliphatic heterocycles. The molecule has 3 rings (SSSR count). The highest BCUT2D eigenvalue weighted by Crippen LogP contribution is 2.26. The number of nitrogens with zero attached hydrogens (tertiary/aromatic N) is 2. The Kier molecular flexibility index (Phi) is 2.70. The standard InChI is InChI=1S/C13H10N4O2/c18-13(17-19)9-3-1-8(2-4-9)10-5-15-11-6-14-7-16-12(10)11/h1-7,15,19H,(H,17,18). The van der Waals surface area contributed by atoms with Crippen LogP contribution in [-0.2, 0) is 0 Å². The molecule has 0 unspecified atom stereocenters. The summed E-state index contributed by atoms with van der Waals surface area (Å²) in [5, 5.41) is 8.56. The predicted molar refractivity (Wildman–Crippen MR) is 68.6 cm³/mol. The van der Waals surface area contributed by atoms with E-state index >= 15 is 0 Å². The number of aromatic amines is 1. The lowest BCUT2D eigenvalue weighted by atomic mass is 10.1. The molecule has 0 saturated heterocycles. The third-order valence-electron chi connectivity index (χ3n) is 2.90. The van der Waals surface area contributed by atoms with Crippen molar-refractivity contribution in [3.63, 3.8) is 0 Å². The minimum absolute atomic E-state index is 0.390. The fraction of sp³-hybridized carbons (Fsp3) is 0. The van der Waals surface area contributed by atoms with E-state index in [2.05, 4.69) is 15.0 Å². The number of carbonyl (C=O) groups excluding carboxylic acids is 1. The van der Waals surface area contributed by atoms with Gasteiger partial charge in [-0.05, 0) is 17.7 Å². The second kappa shape index (κ2) is 4.51. The molecule has 0 atom stereocenters. The van der Waals surface area contributed by atoms with Crippen molar-refractivity contribution < 1.29 is 10.0 Å². The summed E-state index contributed by atoms with van der Waals surface area (Å²) in [4.78, 5) is 22.5. The maximum absolute atomic E-state index is 11.2. The molecule has 1 amide bonds. The highest BCUT2D eigenvalue weighted by Gasteiger charge is 2.08. The Morgan fingerprint density at radius 3 is 2.79 bits per heavy atom. The largest absolute Gasteiger partial charge is 0.358 e. The molecule has 2 heterocycles. The summed E-state index contributed by atoms with van der Waals surface area (Å²) in [5.74, 6) is -0.534. The van der Waals surface area contributed by atoms with Gasteiger partial charge in [0.2, 0.25) is 0 Å². The van der Waals surface area contributed by atoms with Crippen molar-refractivity contribution in [1.82, 2.24) is 20.4 Å². The zero-order valence-corrected chi connectivity index (χ0v) is 9.79. The number of amides is 1. The van der Waals surface area contributed by atoms with Crippen LogP contribution in [0.15, 0.2) is 43.0 Å². The molecule has 94 valence electrons. The van der Waals surface area contributed by atoms with Gasteiger partial charge in [-0.3, -0.25) is 10.0 Å². The molecule has 6 nitrogen and oxygen atoms in total. The number of benzene rings is 1. The van der Waals surface area contributed by atoms with Gasteiger partial charge < -0.3 is 4.98 Å². The molecular formula is C13H10N4O2. The molecule has 0 spiro atoms. The van der Waals surface area contributed by atoms with Gasteiger partial charge in [0.1, 0.15) is 6.33 Å². The molecular weight excluding hydrogens is 244 g/mol. The van der Waals surface area contributed by atoms with E-state index in [0.29, 0.717) is 5.56 Å². The lowest BCUT2D eigenvalue weighted by Crippen LogP contribution is -2.18. The molecule has 19 heavy (non-hydrogen) atoms. The SMILES string of the molecule is O=C(NO)c1ccc(-c2c[nH]c3cncnc23)cc1. The number of fused-ring (bicyclic) bond motifs is 1. The first-order chi connectivity index (χ1) is 9.29. The minimum atomic E-state index is -0.534. The summed E-state index contributed by atoms with van der Waals surface area (Å²) >= 11 is 0. The molecule has 0 bridgehead atoms. The van der Waals surface area contributed by atoms with Gasteiger partial charge in [-0.2, -0.15) is 0 Å². The van der Waals surface area contributed by atoms with Crippen LogP contribution in [0, 0.1) is 0 Å². The Morgan fingerprint density at radius 2 is 2.05 bits per heavy atom. The van der Waals surface area contributed by atoms with E-state index in [1.165, 1.54) is 6.33 Å². The highest BCUT2D eigenvalue weighted by atomic mass is 16.5. The monoisotopic (exact) mass is 254 g/mol.